The van der Waals surface area contributed by atoms with Crippen LogP contribution in [0.2, 0.25) is 0 Å². The molecular weight excluding hydrogens is 594 g/mol. The summed E-state index contributed by atoms with van der Waals surface area (Å²) >= 11 is 0. The van der Waals surface area contributed by atoms with Crippen molar-refractivity contribution in [2.45, 2.75) is 78.9 Å². The van der Waals surface area contributed by atoms with E-state index in [1.807, 2.05) is 20.8 Å². The summed E-state index contributed by atoms with van der Waals surface area (Å²) in [5.74, 6) is -1.40. The third-order valence-corrected chi connectivity index (χ3v) is 8.12. The van der Waals surface area contributed by atoms with Crippen LogP contribution in [0.1, 0.15) is 59.3 Å². The van der Waals surface area contributed by atoms with Crippen LogP contribution in [0.3, 0.4) is 0 Å². The zero-order valence-electron chi connectivity index (χ0n) is 26.5. The maximum Gasteiger partial charge on any atom is 0.336 e. The van der Waals surface area contributed by atoms with E-state index in [0.29, 0.717) is 39.6 Å². The van der Waals surface area contributed by atoms with E-state index in [2.05, 4.69) is 0 Å². The lowest BCUT2D eigenvalue weighted by Crippen LogP contribution is -2.54. The molecule has 4 heterocycles. The summed E-state index contributed by atoms with van der Waals surface area (Å²) in [5, 5.41) is 0. The van der Waals surface area contributed by atoms with Crippen LogP contribution in [-0.2, 0) is 62.4 Å². The summed E-state index contributed by atoms with van der Waals surface area (Å²) in [6.45, 7) is 9.16. The summed E-state index contributed by atoms with van der Waals surface area (Å²) in [7, 11) is 0. The molecule has 0 aromatic carbocycles. The van der Waals surface area contributed by atoms with Crippen molar-refractivity contribution in [2.24, 2.45) is 16.2 Å². The number of hydrogen-bond acceptors (Lipinski definition) is 12. The van der Waals surface area contributed by atoms with Crippen LogP contribution >= 0.6 is 0 Å². The van der Waals surface area contributed by atoms with Gasteiger partial charge in [-0.1, -0.05) is 20.8 Å². The quantitative estimate of drug-likeness (QED) is 0.159. The van der Waals surface area contributed by atoms with Gasteiger partial charge in [-0.3, -0.25) is 14.4 Å². The van der Waals surface area contributed by atoms with Crippen molar-refractivity contribution in [1.82, 2.24) is 13.7 Å². The molecule has 3 aliphatic heterocycles. The predicted molar refractivity (Wildman–Crippen MR) is 157 cm³/mol. The zero-order chi connectivity index (χ0) is 32.7. The molecule has 1 aromatic heterocycles. The van der Waals surface area contributed by atoms with E-state index in [9.17, 15) is 28.8 Å². The molecule has 0 saturated carbocycles. The second-order valence-corrected chi connectivity index (χ2v) is 13.5. The lowest BCUT2D eigenvalue weighted by atomic mass is 9.90. The van der Waals surface area contributed by atoms with Crippen molar-refractivity contribution in [3.05, 3.63) is 31.5 Å². The molecule has 3 aliphatic rings. The number of aromatic nitrogens is 3. The van der Waals surface area contributed by atoms with Crippen LogP contribution in [0.15, 0.2) is 14.4 Å². The molecule has 0 N–H and O–H groups in total. The molecule has 45 heavy (non-hydrogen) atoms. The highest BCUT2D eigenvalue weighted by molar-refractivity contribution is 5.70. The number of rotatable bonds is 18. The Labute approximate surface area is 260 Å². The van der Waals surface area contributed by atoms with E-state index < -0.39 is 35.0 Å². The van der Waals surface area contributed by atoms with Gasteiger partial charge < -0.3 is 28.4 Å². The number of hydrogen-bond donors (Lipinski definition) is 0. The summed E-state index contributed by atoms with van der Waals surface area (Å²) in [6.07, 6.45) is 0.281. The van der Waals surface area contributed by atoms with Crippen molar-refractivity contribution in [3.63, 3.8) is 0 Å². The Morgan fingerprint density at radius 1 is 0.533 bits per heavy atom. The number of esters is 3. The second kappa shape index (κ2) is 14.9. The molecule has 0 radical (unpaired) electrons. The van der Waals surface area contributed by atoms with E-state index in [4.69, 9.17) is 28.4 Å². The Morgan fingerprint density at radius 3 is 0.978 bits per heavy atom. The fraction of sp³-hybridized carbons (Fsp3) is 0.800. The topological polar surface area (TPSA) is 173 Å². The molecule has 4 rings (SSSR count). The van der Waals surface area contributed by atoms with Gasteiger partial charge in [0.05, 0.1) is 39.6 Å². The standard InChI is InChI=1S/C30H45N3O12/c1-28(13-40-14-28)19-43-22(34)7-4-10-31-25(37)32(11-5-8-23(35)44-20-29(2)15-41-16-29)27(39)33(26(31)38)12-6-9-24(36)45-21-30(3)17-42-18-30/h4-21H2,1-3H3. The molecule has 15 nitrogen and oxygen atoms in total. The molecule has 1 aromatic rings. The molecule has 0 amide bonds. The summed E-state index contributed by atoms with van der Waals surface area (Å²) in [4.78, 5) is 76.7. The van der Waals surface area contributed by atoms with Gasteiger partial charge in [0.15, 0.2) is 0 Å². The zero-order valence-corrected chi connectivity index (χ0v) is 26.5. The predicted octanol–water partition coefficient (Wildman–Crippen LogP) is 0.251. The van der Waals surface area contributed by atoms with Gasteiger partial charge in [0.25, 0.3) is 0 Å². The fourth-order valence-electron chi connectivity index (χ4n) is 4.98. The Kier molecular flexibility index (Phi) is 11.4. The number of nitrogens with zero attached hydrogens (tertiary/aromatic N) is 3. The maximum atomic E-state index is 13.3. The molecule has 15 heteroatoms. The first kappa shape index (κ1) is 34.6. The SMILES string of the molecule is CC1(COC(=O)CCCn2c(=O)n(CCCC(=O)OCC3(C)COC3)c(=O)n(CCCC(=O)OCC3(C)COC3)c2=O)COC1. The van der Waals surface area contributed by atoms with Crippen molar-refractivity contribution in [1.29, 1.82) is 0 Å². The number of carbonyl (C=O) groups is 3. The molecular formula is C30H45N3O12. The molecule has 252 valence electrons. The second-order valence-electron chi connectivity index (χ2n) is 13.5. The van der Waals surface area contributed by atoms with Gasteiger partial charge >= 0.3 is 35.0 Å². The minimum Gasteiger partial charge on any atom is -0.465 e. The molecule has 3 saturated heterocycles. The Balaban J connectivity index is 1.37. The number of ether oxygens (including phenoxy) is 6. The van der Waals surface area contributed by atoms with E-state index in [-0.39, 0.29) is 94.2 Å². The van der Waals surface area contributed by atoms with Crippen LogP contribution in [0.5, 0.6) is 0 Å². The van der Waals surface area contributed by atoms with Gasteiger partial charge in [-0.25, -0.2) is 28.1 Å². The van der Waals surface area contributed by atoms with E-state index >= 15 is 0 Å². The Hall–Kier alpha value is -3.30. The van der Waals surface area contributed by atoms with E-state index in [1.165, 1.54) is 0 Å². The summed E-state index contributed by atoms with van der Waals surface area (Å²) in [5.41, 5.74) is -3.13. The van der Waals surface area contributed by atoms with Crippen LogP contribution in [0, 0.1) is 16.2 Å². The number of carbonyl (C=O) groups excluding carboxylic acids is 3. The van der Waals surface area contributed by atoms with Gasteiger partial charge in [-0.05, 0) is 19.3 Å². The van der Waals surface area contributed by atoms with Gasteiger partial charge in [-0.15, -0.1) is 0 Å². The highest BCUT2D eigenvalue weighted by Crippen LogP contribution is 2.28. The normalized spacial score (nSPS) is 19.0. The van der Waals surface area contributed by atoms with Gasteiger partial charge in [-0.2, -0.15) is 0 Å². The first-order chi connectivity index (χ1) is 21.3. The summed E-state index contributed by atoms with van der Waals surface area (Å²) in [6, 6.07) is 0. The third-order valence-electron chi connectivity index (χ3n) is 8.12. The van der Waals surface area contributed by atoms with E-state index in [1.54, 1.807) is 0 Å². The largest absolute Gasteiger partial charge is 0.465 e. The first-order valence-electron chi connectivity index (χ1n) is 15.5. The molecule has 0 aliphatic carbocycles. The first-order valence-corrected chi connectivity index (χ1v) is 15.5. The van der Waals surface area contributed by atoms with Crippen molar-refractivity contribution in [2.75, 3.05) is 59.5 Å². The molecule has 0 spiro atoms. The van der Waals surface area contributed by atoms with Crippen molar-refractivity contribution >= 4 is 17.9 Å². The van der Waals surface area contributed by atoms with Crippen LogP contribution in [0.4, 0.5) is 0 Å². The lowest BCUT2D eigenvalue weighted by Gasteiger charge is -2.37. The van der Waals surface area contributed by atoms with Gasteiger partial charge in [0.1, 0.15) is 19.8 Å². The van der Waals surface area contributed by atoms with Gasteiger partial charge in [0, 0.05) is 55.1 Å². The monoisotopic (exact) mass is 639 g/mol. The molecule has 0 bridgehead atoms. The van der Waals surface area contributed by atoms with Crippen LogP contribution < -0.4 is 17.1 Å². The van der Waals surface area contributed by atoms with Crippen molar-refractivity contribution in [3.8, 4) is 0 Å². The van der Waals surface area contributed by atoms with E-state index in [0.717, 1.165) is 13.7 Å². The minimum atomic E-state index is -0.836. The average Bonchev–Trinajstić information content (AvgIpc) is 2.96. The smallest absolute Gasteiger partial charge is 0.336 e. The average molecular weight is 640 g/mol. The summed E-state index contributed by atoms with van der Waals surface area (Å²) < 4.78 is 34.2. The highest BCUT2D eigenvalue weighted by atomic mass is 16.6. The minimum absolute atomic E-state index is 0.0342. The fourth-order valence-corrected chi connectivity index (χ4v) is 4.98. The van der Waals surface area contributed by atoms with Crippen LogP contribution in [0.25, 0.3) is 0 Å². The Bertz CT molecular complexity index is 1200. The van der Waals surface area contributed by atoms with Gasteiger partial charge in [0.2, 0.25) is 0 Å². The maximum absolute atomic E-state index is 13.3. The lowest BCUT2D eigenvalue weighted by molar-refractivity contribution is -0.165. The Morgan fingerprint density at radius 2 is 0.778 bits per heavy atom. The van der Waals surface area contributed by atoms with Crippen LogP contribution in [-0.4, -0.2) is 91.1 Å². The molecule has 3 fully saturated rings. The molecule has 0 unspecified atom stereocenters. The van der Waals surface area contributed by atoms with Crippen molar-refractivity contribution < 1.29 is 42.8 Å². The molecule has 0 atom stereocenters. The third kappa shape index (κ3) is 9.36. The highest BCUT2D eigenvalue weighted by Gasteiger charge is 2.36.